The summed E-state index contributed by atoms with van der Waals surface area (Å²) in [4.78, 5) is 2.25. The van der Waals surface area contributed by atoms with Crippen molar-refractivity contribution in [2.75, 3.05) is 7.05 Å². The third kappa shape index (κ3) is 2.62. The SMILES string of the molecule is CN(Cc1cnn(C)c1)C1CCCCC1O. The number of nitrogens with zero attached hydrogens (tertiary/aromatic N) is 3. The Balaban J connectivity index is 1.93. The summed E-state index contributed by atoms with van der Waals surface area (Å²) in [6.45, 7) is 0.871. The molecule has 0 amide bonds. The quantitative estimate of drug-likeness (QED) is 0.836. The minimum Gasteiger partial charge on any atom is -0.391 e. The van der Waals surface area contributed by atoms with Gasteiger partial charge in [-0.25, -0.2) is 0 Å². The Morgan fingerprint density at radius 3 is 2.88 bits per heavy atom. The number of hydrogen-bond donors (Lipinski definition) is 1. The van der Waals surface area contributed by atoms with Crippen LogP contribution in [0.1, 0.15) is 31.2 Å². The first-order chi connectivity index (χ1) is 7.66. The molecule has 1 aromatic heterocycles. The monoisotopic (exact) mass is 223 g/mol. The molecule has 1 aliphatic rings. The summed E-state index contributed by atoms with van der Waals surface area (Å²) in [5.74, 6) is 0. The standard InChI is InChI=1S/C12H21N3O/c1-14(8-10-7-13-15(2)9-10)11-5-3-4-6-12(11)16/h7,9,11-12,16H,3-6,8H2,1-2H3. The van der Waals surface area contributed by atoms with Crippen molar-refractivity contribution >= 4 is 0 Å². The van der Waals surface area contributed by atoms with E-state index in [0.717, 1.165) is 19.4 Å². The summed E-state index contributed by atoms with van der Waals surface area (Å²) in [7, 11) is 4.02. The number of likely N-dealkylation sites (N-methyl/N-ethyl adjacent to an activating group) is 1. The molecule has 0 radical (unpaired) electrons. The van der Waals surface area contributed by atoms with Crippen LogP contribution in [0.5, 0.6) is 0 Å². The van der Waals surface area contributed by atoms with Crippen LogP contribution in [0.2, 0.25) is 0 Å². The maximum Gasteiger partial charge on any atom is 0.0695 e. The lowest BCUT2D eigenvalue weighted by Gasteiger charge is -2.34. The molecule has 1 saturated carbocycles. The van der Waals surface area contributed by atoms with Crippen molar-refractivity contribution in [1.29, 1.82) is 0 Å². The van der Waals surface area contributed by atoms with Gasteiger partial charge in [-0.1, -0.05) is 12.8 Å². The van der Waals surface area contributed by atoms with Gasteiger partial charge >= 0.3 is 0 Å². The Morgan fingerprint density at radius 2 is 2.25 bits per heavy atom. The van der Waals surface area contributed by atoms with E-state index in [4.69, 9.17) is 0 Å². The Hall–Kier alpha value is -0.870. The average molecular weight is 223 g/mol. The second kappa shape index (κ2) is 4.97. The highest BCUT2D eigenvalue weighted by Gasteiger charge is 2.26. The van der Waals surface area contributed by atoms with Gasteiger partial charge in [-0.2, -0.15) is 5.10 Å². The Bertz CT molecular complexity index is 337. The molecule has 0 saturated heterocycles. The first kappa shape index (κ1) is 11.6. The average Bonchev–Trinajstić information content (AvgIpc) is 2.64. The van der Waals surface area contributed by atoms with Gasteiger partial charge < -0.3 is 5.11 Å². The summed E-state index contributed by atoms with van der Waals surface area (Å²) in [6.07, 6.45) is 8.23. The molecule has 0 spiro atoms. The Labute approximate surface area is 96.9 Å². The van der Waals surface area contributed by atoms with E-state index in [2.05, 4.69) is 17.0 Å². The summed E-state index contributed by atoms with van der Waals surface area (Å²) >= 11 is 0. The molecule has 0 aromatic carbocycles. The lowest BCUT2D eigenvalue weighted by Crippen LogP contribution is -2.42. The lowest BCUT2D eigenvalue weighted by atomic mass is 9.91. The molecule has 2 atom stereocenters. The molecule has 1 fully saturated rings. The van der Waals surface area contributed by atoms with Crippen molar-refractivity contribution < 1.29 is 5.11 Å². The highest BCUT2D eigenvalue weighted by molar-refractivity contribution is 5.03. The van der Waals surface area contributed by atoms with Gasteiger partial charge in [-0.15, -0.1) is 0 Å². The van der Waals surface area contributed by atoms with Crippen LogP contribution in [0.4, 0.5) is 0 Å². The second-order valence-electron chi connectivity index (χ2n) is 4.86. The molecule has 2 rings (SSSR count). The summed E-state index contributed by atoms with van der Waals surface area (Å²) < 4.78 is 1.82. The zero-order valence-electron chi connectivity index (χ0n) is 10.1. The number of hydrogen-bond acceptors (Lipinski definition) is 3. The predicted molar refractivity (Wildman–Crippen MR) is 62.9 cm³/mol. The first-order valence-electron chi connectivity index (χ1n) is 6.02. The smallest absolute Gasteiger partial charge is 0.0695 e. The summed E-state index contributed by atoms with van der Waals surface area (Å²) in [5.41, 5.74) is 1.21. The molecule has 90 valence electrons. The fourth-order valence-electron chi connectivity index (χ4n) is 2.56. The van der Waals surface area contributed by atoms with Crippen molar-refractivity contribution in [2.45, 2.75) is 44.4 Å². The van der Waals surface area contributed by atoms with Crippen LogP contribution < -0.4 is 0 Å². The Morgan fingerprint density at radius 1 is 1.50 bits per heavy atom. The van der Waals surface area contributed by atoms with Crippen LogP contribution in [0.3, 0.4) is 0 Å². The number of aliphatic hydroxyl groups excluding tert-OH is 1. The van der Waals surface area contributed by atoms with E-state index >= 15 is 0 Å². The second-order valence-corrected chi connectivity index (χ2v) is 4.86. The topological polar surface area (TPSA) is 41.3 Å². The summed E-state index contributed by atoms with van der Waals surface area (Å²) in [6, 6.07) is 0.314. The molecular weight excluding hydrogens is 202 g/mol. The Kier molecular flexibility index (Phi) is 3.61. The number of aromatic nitrogens is 2. The minimum absolute atomic E-state index is 0.157. The van der Waals surface area contributed by atoms with E-state index in [1.54, 1.807) is 0 Å². The highest BCUT2D eigenvalue weighted by atomic mass is 16.3. The maximum atomic E-state index is 9.96. The van der Waals surface area contributed by atoms with Crippen LogP contribution in [0.25, 0.3) is 0 Å². The van der Waals surface area contributed by atoms with E-state index in [-0.39, 0.29) is 6.10 Å². The van der Waals surface area contributed by atoms with E-state index in [1.165, 1.54) is 18.4 Å². The fraction of sp³-hybridized carbons (Fsp3) is 0.750. The largest absolute Gasteiger partial charge is 0.391 e. The molecule has 4 nitrogen and oxygen atoms in total. The van der Waals surface area contributed by atoms with Gasteiger partial charge in [0.25, 0.3) is 0 Å². The lowest BCUT2D eigenvalue weighted by molar-refractivity contribution is 0.0288. The van der Waals surface area contributed by atoms with E-state index in [0.29, 0.717) is 6.04 Å². The molecule has 0 bridgehead atoms. The molecule has 1 N–H and O–H groups in total. The zero-order valence-corrected chi connectivity index (χ0v) is 10.1. The van der Waals surface area contributed by atoms with Gasteiger partial charge in [0, 0.05) is 31.4 Å². The van der Waals surface area contributed by atoms with Crippen molar-refractivity contribution in [2.24, 2.45) is 7.05 Å². The normalized spacial score (nSPS) is 26.2. The maximum absolute atomic E-state index is 9.96. The van der Waals surface area contributed by atoms with Gasteiger partial charge in [0.1, 0.15) is 0 Å². The van der Waals surface area contributed by atoms with Crippen LogP contribution in [-0.4, -0.2) is 39.0 Å². The van der Waals surface area contributed by atoms with E-state index in [1.807, 2.05) is 24.1 Å². The third-order valence-corrected chi connectivity index (χ3v) is 3.45. The molecular formula is C12H21N3O. The number of aliphatic hydroxyl groups is 1. The fourth-order valence-corrected chi connectivity index (χ4v) is 2.56. The van der Waals surface area contributed by atoms with Crippen molar-refractivity contribution in [3.8, 4) is 0 Å². The number of rotatable bonds is 3. The van der Waals surface area contributed by atoms with Gasteiger partial charge in [0.15, 0.2) is 0 Å². The van der Waals surface area contributed by atoms with Crippen LogP contribution in [-0.2, 0) is 13.6 Å². The predicted octanol–water partition coefficient (Wildman–Crippen LogP) is 1.16. The van der Waals surface area contributed by atoms with Crippen LogP contribution >= 0.6 is 0 Å². The van der Waals surface area contributed by atoms with Gasteiger partial charge in [0.2, 0.25) is 0 Å². The third-order valence-electron chi connectivity index (χ3n) is 3.45. The van der Waals surface area contributed by atoms with Crippen molar-refractivity contribution in [3.05, 3.63) is 18.0 Å². The molecule has 4 heteroatoms. The van der Waals surface area contributed by atoms with Crippen molar-refractivity contribution in [3.63, 3.8) is 0 Å². The van der Waals surface area contributed by atoms with E-state index < -0.39 is 0 Å². The van der Waals surface area contributed by atoms with Gasteiger partial charge in [-0.05, 0) is 19.9 Å². The molecule has 0 aliphatic heterocycles. The van der Waals surface area contributed by atoms with Crippen LogP contribution in [0.15, 0.2) is 12.4 Å². The van der Waals surface area contributed by atoms with Crippen molar-refractivity contribution in [1.82, 2.24) is 14.7 Å². The molecule has 1 heterocycles. The molecule has 1 aromatic rings. The molecule has 16 heavy (non-hydrogen) atoms. The molecule has 2 unspecified atom stereocenters. The van der Waals surface area contributed by atoms with Gasteiger partial charge in [0.05, 0.1) is 12.3 Å². The van der Waals surface area contributed by atoms with E-state index in [9.17, 15) is 5.11 Å². The number of aryl methyl sites for hydroxylation is 1. The minimum atomic E-state index is -0.157. The highest BCUT2D eigenvalue weighted by Crippen LogP contribution is 2.23. The summed E-state index contributed by atoms with van der Waals surface area (Å²) in [5, 5.41) is 14.1. The molecule has 1 aliphatic carbocycles. The van der Waals surface area contributed by atoms with Crippen LogP contribution in [0, 0.1) is 0 Å². The zero-order chi connectivity index (χ0) is 11.5. The van der Waals surface area contributed by atoms with Gasteiger partial charge in [-0.3, -0.25) is 9.58 Å². The first-order valence-corrected chi connectivity index (χ1v) is 6.02.